The molecule has 3 N–H and O–H groups in total. The van der Waals surface area contributed by atoms with Gasteiger partial charge in [0.1, 0.15) is 23.4 Å². The quantitative estimate of drug-likeness (QED) is 0.618. The van der Waals surface area contributed by atoms with Gasteiger partial charge in [0.05, 0.1) is 0 Å². The summed E-state index contributed by atoms with van der Waals surface area (Å²) in [7, 11) is 0. The van der Waals surface area contributed by atoms with Gasteiger partial charge in [0.15, 0.2) is 0 Å². The first-order valence-electron chi connectivity index (χ1n) is 11.0. The van der Waals surface area contributed by atoms with Crippen molar-refractivity contribution in [3.63, 3.8) is 0 Å². The highest BCUT2D eigenvalue weighted by molar-refractivity contribution is 5.93. The second-order valence-corrected chi connectivity index (χ2v) is 10.5. The molecule has 2 rings (SSSR count). The highest BCUT2D eigenvalue weighted by atomic mass is 16.6. The standard InChI is InChI=1S/C24H37N3O5/c1-14-10-9-11-17(19(14)28)18(20(29)26-23(3,4)5)27(16-12-13-16)21(30)15(2)25-22(31)32-24(6,7)8/h9-11,15-16,18,28H,12-13H2,1-8H3,(H,25,31)(H,26,29). The molecule has 0 saturated heterocycles. The van der Waals surface area contributed by atoms with Crippen LogP contribution >= 0.6 is 0 Å². The number of carbonyl (C=O) groups excluding carboxylic acids is 3. The largest absolute Gasteiger partial charge is 0.507 e. The molecule has 0 heterocycles. The molecule has 1 aliphatic rings. The zero-order valence-corrected chi connectivity index (χ0v) is 20.4. The van der Waals surface area contributed by atoms with Gasteiger partial charge in [0.2, 0.25) is 11.8 Å². The predicted molar refractivity (Wildman–Crippen MR) is 122 cm³/mol. The Morgan fingerprint density at radius 1 is 1.12 bits per heavy atom. The highest BCUT2D eigenvalue weighted by Crippen LogP contribution is 2.39. The van der Waals surface area contributed by atoms with E-state index in [0.29, 0.717) is 11.1 Å². The van der Waals surface area contributed by atoms with E-state index < -0.39 is 35.2 Å². The molecule has 3 amide bonds. The van der Waals surface area contributed by atoms with Crippen LogP contribution in [0.2, 0.25) is 0 Å². The summed E-state index contributed by atoms with van der Waals surface area (Å²) >= 11 is 0. The van der Waals surface area contributed by atoms with Gasteiger partial charge in [0, 0.05) is 17.1 Å². The molecule has 178 valence electrons. The fraction of sp³-hybridized carbons (Fsp3) is 0.625. The van der Waals surface area contributed by atoms with Crippen LogP contribution in [0, 0.1) is 6.92 Å². The lowest BCUT2D eigenvalue weighted by molar-refractivity contribution is -0.143. The number of aryl methyl sites for hydroxylation is 1. The van der Waals surface area contributed by atoms with E-state index in [-0.39, 0.29) is 17.7 Å². The SMILES string of the molecule is Cc1cccc(C(C(=O)NC(C)(C)C)N(C(=O)C(C)NC(=O)OC(C)(C)C)C2CC2)c1O. The van der Waals surface area contributed by atoms with E-state index in [0.717, 1.165) is 12.8 Å². The summed E-state index contributed by atoms with van der Waals surface area (Å²) in [6, 6.07) is 3.05. The van der Waals surface area contributed by atoms with E-state index >= 15 is 0 Å². The molecular formula is C24H37N3O5. The number of aromatic hydroxyl groups is 1. The van der Waals surface area contributed by atoms with E-state index in [1.807, 2.05) is 20.8 Å². The first kappa shape index (κ1) is 25.5. The Morgan fingerprint density at radius 3 is 2.22 bits per heavy atom. The maximum Gasteiger partial charge on any atom is 0.408 e. The molecule has 1 aliphatic carbocycles. The minimum absolute atomic E-state index is 0.0206. The van der Waals surface area contributed by atoms with E-state index in [9.17, 15) is 19.5 Å². The van der Waals surface area contributed by atoms with Crippen molar-refractivity contribution in [3.8, 4) is 5.75 Å². The van der Waals surface area contributed by atoms with Gasteiger partial charge < -0.3 is 25.4 Å². The van der Waals surface area contributed by atoms with Crippen molar-refractivity contribution in [3.05, 3.63) is 29.3 Å². The number of para-hydroxylation sites is 1. The topological polar surface area (TPSA) is 108 Å². The number of ether oxygens (including phenoxy) is 1. The molecule has 8 nitrogen and oxygen atoms in total. The second-order valence-electron chi connectivity index (χ2n) is 10.5. The van der Waals surface area contributed by atoms with Crippen molar-refractivity contribution >= 4 is 17.9 Å². The maximum absolute atomic E-state index is 13.5. The van der Waals surface area contributed by atoms with Gasteiger partial charge in [-0.15, -0.1) is 0 Å². The number of amides is 3. The smallest absolute Gasteiger partial charge is 0.408 e. The molecule has 2 atom stereocenters. The lowest BCUT2D eigenvalue weighted by Crippen LogP contribution is -2.54. The number of hydrogen-bond acceptors (Lipinski definition) is 5. The lowest BCUT2D eigenvalue weighted by atomic mass is 9.98. The van der Waals surface area contributed by atoms with Gasteiger partial charge in [-0.05, 0) is 73.8 Å². The molecular weight excluding hydrogens is 410 g/mol. The molecule has 1 aromatic carbocycles. The summed E-state index contributed by atoms with van der Waals surface area (Å²) in [5.74, 6) is -0.816. The minimum atomic E-state index is -1.03. The van der Waals surface area contributed by atoms with Crippen LogP contribution in [0.5, 0.6) is 5.75 Å². The number of nitrogens with one attached hydrogen (secondary N) is 2. The first-order valence-corrected chi connectivity index (χ1v) is 11.0. The fourth-order valence-corrected chi connectivity index (χ4v) is 3.40. The van der Waals surface area contributed by atoms with Crippen LogP contribution in [-0.2, 0) is 14.3 Å². The van der Waals surface area contributed by atoms with Crippen molar-refractivity contribution in [1.82, 2.24) is 15.5 Å². The number of carbonyl (C=O) groups is 3. The summed E-state index contributed by atoms with van der Waals surface area (Å²) < 4.78 is 5.27. The van der Waals surface area contributed by atoms with E-state index in [1.165, 1.54) is 4.90 Å². The van der Waals surface area contributed by atoms with Gasteiger partial charge in [0.25, 0.3) is 0 Å². The molecule has 1 saturated carbocycles. The third kappa shape index (κ3) is 6.87. The maximum atomic E-state index is 13.5. The minimum Gasteiger partial charge on any atom is -0.507 e. The number of alkyl carbamates (subject to hydrolysis) is 1. The van der Waals surface area contributed by atoms with Gasteiger partial charge in [-0.25, -0.2) is 4.79 Å². The number of phenolic OH excluding ortho intramolecular Hbond substituents is 1. The number of phenols is 1. The average molecular weight is 448 g/mol. The van der Waals surface area contributed by atoms with E-state index in [1.54, 1.807) is 52.8 Å². The summed E-state index contributed by atoms with van der Waals surface area (Å²) in [5.41, 5.74) is -0.269. The number of hydrogen-bond donors (Lipinski definition) is 3. The molecule has 32 heavy (non-hydrogen) atoms. The second kappa shape index (κ2) is 9.38. The van der Waals surface area contributed by atoms with Crippen molar-refractivity contribution in [2.75, 3.05) is 0 Å². The number of rotatable bonds is 6. The van der Waals surface area contributed by atoms with Crippen molar-refractivity contribution < 1.29 is 24.2 Å². The Balaban J connectivity index is 2.41. The van der Waals surface area contributed by atoms with Crippen LogP contribution in [0.25, 0.3) is 0 Å². The molecule has 0 aromatic heterocycles. The van der Waals surface area contributed by atoms with Crippen LogP contribution in [0.1, 0.15) is 78.5 Å². The molecule has 0 bridgehead atoms. The Kier molecular flexibility index (Phi) is 7.47. The molecule has 0 aliphatic heterocycles. The van der Waals surface area contributed by atoms with Gasteiger partial charge >= 0.3 is 6.09 Å². The van der Waals surface area contributed by atoms with E-state index in [2.05, 4.69) is 10.6 Å². The summed E-state index contributed by atoms with van der Waals surface area (Å²) in [6.07, 6.45) is 0.788. The Morgan fingerprint density at radius 2 is 1.72 bits per heavy atom. The summed E-state index contributed by atoms with van der Waals surface area (Å²) in [5, 5.41) is 16.3. The average Bonchev–Trinajstić information content (AvgIpc) is 3.43. The zero-order valence-electron chi connectivity index (χ0n) is 20.4. The number of benzene rings is 1. The van der Waals surface area contributed by atoms with Gasteiger partial charge in [-0.3, -0.25) is 9.59 Å². The fourth-order valence-electron chi connectivity index (χ4n) is 3.40. The van der Waals surface area contributed by atoms with Crippen LogP contribution in [0.3, 0.4) is 0 Å². The predicted octanol–water partition coefficient (Wildman–Crippen LogP) is 3.56. The molecule has 2 unspecified atom stereocenters. The molecule has 1 aromatic rings. The normalized spacial score (nSPS) is 16.0. The Hall–Kier alpha value is -2.77. The third-order valence-electron chi connectivity index (χ3n) is 4.89. The van der Waals surface area contributed by atoms with Crippen LogP contribution < -0.4 is 10.6 Å². The van der Waals surface area contributed by atoms with Crippen molar-refractivity contribution in [2.24, 2.45) is 0 Å². The monoisotopic (exact) mass is 447 g/mol. The summed E-state index contributed by atoms with van der Waals surface area (Å²) in [4.78, 5) is 40.6. The van der Waals surface area contributed by atoms with Crippen LogP contribution in [0.4, 0.5) is 4.79 Å². The Labute approximate surface area is 190 Å². The van der Waals surface area contributed by atoms with E-state index in [4.69, 9.17) is 4.74 Å². The summed E-state index contributed by atoms with van der Waals surface area (Å²) in [6.45, 7) is 14.1. The van der Waals surface area contributed by atoms with Gasteiger partial charge in [-0.1, -0.05) is 18.2 Å². The molecule has 1 fully saturated rings. The van der Waals surface area contributed by atoms with Crippen LogP contribution in [-0.4, -0.2) is 51.1 Å². The van der Waals surface area contributed by atoms with Crippen LogP contribution in [0.15, 0.2) is 18.2 Å². The highest BCUT2D eigenvalue weighted by Gasteiger charge is 2.44. The zero-order chi connectivity index (χ0) is 24.4. The third-order valence-corrected chi connectivity index (χ3v) is 4.89. The van der Waals surface area contributed by atoms with Crippen molar-refractivity contribution in [1.29, 1.82) is 0 Å². The Bertz CT molecular complexity index is 865. The molecule has 0 radical (unpaired) electrons. The van der Waals surface area contributed by atoms with Crippen molar-refractivity contribution in [2.45, 2.75) is 97.5 Å². The number of nitrogens with zero attached hydrogens (tertiary/aromatic N) is 1. The lowest BCUT2D eigenvalue weighted by Gasteiger charge is -2.35. The molecule has 8 heteroatoms. The first-order chi connectivity index (χ1) is 14.6. The molecule has 0 spiro atoms. The van der Waals surface area contributed by atoms with Gasteiger partial charge in [-0.2, -0.15) is 0 Å².